The summed E-state index contributed by atoms with van der Waals surface area (Å²) in [5.74, 6) is -1.42. The monoisotopic (exact) mass is 434 g/mol. The Labute approximate surface area is 184 Å². The molecule has 1 atom stereocenters. The maximum absolute atomic E-state index is 13.4. The average Bonchev–Trinajstić information content (AvgIpc) is 2.85. The maximum Gasteiger partial charge on any atom is 0.323 e. The quantitative estimate of drug-likeness (QED) is 0.636. The lowest BCUT2D eigenvalue weighted by atomic mass is 10.00. The van der Waals surface area contributed by atoms with E-state index < -0.39 is 24.5 Å². The van der Waals surface area contributed by atoms with Crippen LogP contribution >= 0.6 is 11.6 Å². The third-order valence-corrected chi connectivity index (χ3v) is 5.28. The molecule has 0 bridgehead atoms. The van der Waals surface area contributed by atoms with Gasteiger partial charge in [-0.1, -0.05) is 41.9 Å². The number of rotatable bonds is 5. The highest BCUT2D eigenvalue weighted by molar-refractivity contribution is 6.32. The van der Waals surface area contributed by atoms with Crippen LogP contribution in [0.25, 0.3) is 0 Å². The topological polar surface area (TPSA) is 90.2 Å². The second-order valence-electron chi connectivity index (χ2n) is 7.21. The second kappa shape index (κ2) is 8.62. The molecule has 156 valence electrons. The highest BCUT2D eigenvalue weighted by Crippen LogP contribution is 2.32. The van der Waals surface area contributed by atoms with E-state index in [1.54, 1.807) is 30.3 Å². The minimum absolute atomic E-state index is 0.105. The van der Waals surface area contributed by atoms with Crippen LogP contribution in [0.2, 0.25) is 5.02 Å². The average molecular weight is 435 g/mol. The highest BCUT2D eigenvalue weighted by Gasteiger charge is 2.33. The maximum atomic E-state index is 13.4. The third-order valence-electron chi connectivity index (χ3n) is 5.05. The number of aromatic hydroxyl groups is 1. The molecule has 0 saturated carbocycles. The molecule has 1 aliphatic rings. The van der Waals surface area contributed by atoms with Crippen molar-refractivity contribution in [2.24, 2.45) is 4.99 Å². The zero-order valence-electron chi connectivity index (χ0n) is 16.4. The zero-order valence-corrected chi connectivity index (χ0v) is 17.2. The number of aliphatic imine (C=N–C) groups is 1. The van der Waals surface area contributed by atoms with E-state index in [1.165, 1.54) is 17.0 Å². The number of aliphatic carboxylic acids is 1. The fraction of sp³-hybridized carbons (Fsp3) is 0.125. The molecule has 0 radical (unpaired) electrons. The van der Waals surface area contributed by atoms with E-state index in [-0.39, 0.29) is 5.75 Å². The van der Waals surface area contributed by atoms with Crippen molar-refractivity contribution in [3.63, 3.8) is 0 Å². The summed E-state index contributed by atoms with van der Waals surface area (Å²) >= 11 is 6.25. The van der Waals surface area contributed by atoms with Gasteiger partial charge in [0.05, 0.1) is 11.4 Å². The molecular formula is C24H19ClN2O4. The molecular weight excluding hydrogens is 416 g/mol. The van der Waals surface area contributed by atoms with Crippen molar-refractivity contribution in [2.75, 3.05) is 11.4 Å². The van der Waals surface area contributed by atoms with Crippen LogP contribution in [0.5, 0.6) is 5.75 Å². The predicted octanol–water partition coefficient (Wildman–Crippen LogP) is 3.93. The first-order valence-electron chi connectivity index (χ1n) is 9.66. The third kappa shape index (κ3) is 4.44. The summed E-state index contributed by atoms with van der Waals surface area (Å²) in [6.45, 7) is -0.489. The molecule has 0 aliphatic carbocycles. The molecule has 3 aromatic rings. The Kier molecular flexibility index (Phi) is 5.73. The smallest absolute Gasteiger partial charge is 0.323 e. The highest BCUT2D eigenvalue weighted by atomic mass is 35.5. The molecule has 2 N–H and O–H groups in total. The Hall–Kier alpha value is -3.64. The number of amides is 1. The molecule has 0 spiro atoms. The van der Waals surface area contributed by atoms with Gasteiger partial charge in [-0.15, -0.1) is 0 Å². The molecule has 1 amide bonds. The second-order valence-corrected chi connectivity index (χ2v) is 7.65. The van der Waals surface area contributed by atoms with Crippen molar-refractivity contribution in [1.29, 1.82) is 0 Å². The van der Waals surface area contributed by atoms with Crippen molar-refractivity contribution in [3.8, 4) is 5.75 Å². The lowest BCUT2D eigenvalue weighted by Crippen LogP contribution is -2.42. The number of phenolic OH excluding ortho intramolecular Hbond substituents is 1. The molecule has 1 heterocycles. The summed E-state index contributed by atoms with van der Waals surface area (Å²) in [7, 11) is 0. The lowest BCUT2D eigenvalue weighted by Gasteiger charge is -2.23. The Balaban J connectivity index is 1.90. The number of carbonyl (C=O) groups excluding carboxylic acids is 1. The number of carboxylic acids is 1. The van der Waals surface area contributed by atoms with Crippen LogP contribution in [-0.4, -0.2) is 40.4 Å². The number of benzene rings is 3. The molecule has 1 aliphatic heterocycles. The normalized spacial score (nSPS) is 15.8. The SMILES string of the molecule is O=C(O)CN1C(=O)C(Cc2ccccc2)N=C(c2ccc(O)cc2)c2cc(Cl)ccc21. The molecule has 7 heteroatoms. The van der Waals surface area contributed by atoms with E-state index in [9.17, 15) is 19.8 Å². The molecule has 0 fully saturated rings. The van der Waals surface area contributed by atoms with Crippen molar-refractivity contribution in [2.45, 2.75) is 12.5 Å². The molecule has 0 aromatic heterocycles. The van der Waals surface area contributed by atoms with Gasteiger partial charge in [0.2, 0.25) is 0 Å². The van der Waals surface area contributed by atoms with Gasteiger partial charge < -0.3 is 10.2 Å². The van der Waals surface area contributed by atoms with Crippen LogP contribution in [0, 0.1) is 0 Å². The predicted molar refractivity (Wildman–Crippen MR) is 119 cm³/mol. The summed E-state index contributed by atoms with van der Waals surface area (Å²) in [6, 6.07) is 20.0. The number of fused-ring (bicyclic) bond motifs is 1. The summed E-state index contributed by atoms with van der Waals surface area (Å²) in [6.07, 6.45) is 0.319. The summed E-state index contributed by atoms with van der Waals surface area (Å²) in [4.78, 5) is 31.0. The first kappa shape index (κ1) is 20.6. The van der Waals surface area contributed by atoms with Crippen LogP contribution in [0.4, 0.5) is 5.69 Å². The number of hydrogen-bond donors (Lipinski definition) is 2. The number of hydrogen-bond acceptors (Lipinski definition) is 4. The lowest BCUT2D eigenvalue weighted by molar-refractivity contribution is -0.136. The number of halogens is 1. The van der Waals surface area contributed by atoms with E-state index in [1.807, 2.05) is 30.3 Å². The van der Waals surface area contributed by atoms with E-state index in [0.717, 1.165) is 5.56 Å². The number of benzodiazepines with no additional fused rings is 1. The van der Waals surface area contributed by atoms with E-state index in [2.05, 4.69) is 0 Å². The molecule has 6 nitrogen and oxygen atoms in total. The van der Waals surface area contributed by atoms with Gasteiger partial charge in [-0.2, -0.15) is 0 Å². The van der Waals surface area contributed by atoms with Gasteiger partial charge in [0, 0.05) is 22.6 Å². The van der Waals surface area contributed by atoms with Crippen molar-refractivity contribution >= 4 is 34.9 Å². The van der Waals surface area contributed by atoms with Crippen LogP contribution in [-0.2, 0) is 16.0 Å². The Morgan fingerprint density at radius 1 is 1.03 bits per heavy atom. The number of carbonyl (C=O) groups is 2. The van der Waals surface area contributed by atoms with Gasteiger partial charge in [0.25, 0.3) is 5.91 Å². The van der Waals surface area contributed by atoms with E-state index in [0.29, 0.717) is 34.0 Å². The Morgan fingerprint density at radius 3 is 2.42 bits per heavy atom. The first-order valence-corrected chi connectivity index (χ1v) is 10.0. The number of anilines is 1. The largest absolute Gasteiger partial charge is 0.508 e. The zero-order chi connectivity index (χ0) is 22.0. The van der Waals surface area contributed by atoms with Gasteiger partial charge >= 0.3 is 5.97 Å². The van der Waals surface area contributed by atoms with E-state index >= 15 is 0 Å². The van der Waals surface area contributed by atoms with Gasteiger partial charge in [0.1, 0.15) is 18.3 Å². The van der Waals surface area contributed by atoms with Crippen LogP contribution in [0.15, 0.2) is 77.8 Å². The molecule has 31 heavy (non-hydrogen) atoms. The van der Waals surface area contributed by atoms with Gasteiger partial charge in [-0.05, 0) is 48.0 Å². The Morgan fingerprint density at radius 2 is 1.74 bits per heavy atom. The number of phenols is 1. The minimum Gasteiger partial charge on any atom is -0.508 e. The van der Waals surface area contributed by atoms with E-state index in [4.69, 9.17) is 16.6 Å². The fourth-order valence-corrected chi connectivity index (χ4v) is 3.80. The Bertz CT molecular complexity index is 1160. The molecule has 4 rings (SSSR count). The van der Waals surface area contributed by atoms with Crippen molar-refractivity contribution < 1.29 is 19.8 Å². The fourth-order valence-electron chi connectivity index (χ4n) is 3.63. The summed E-state index contributed by atoms with van der Waals surface area (Å²) < 4.78 is 0. The standard InChI is InChI=1S/C24H19ClN2O4/c25-17-8-11-21-19(13-17)23(16-6-9-18(28)10-7-16)26-20(12-15-4-2-1-3-5-15)24(31)27(21)14-22(29)30/h1-11,13,20,28H,12,14H2,(H,29,30). The molecule has 3 aromatic carbocycles. The number of carboxylic acid groups (broad SMARTS) is 1. The number of nitrogens with zero attached hydrogens (tertiary/aromatic N) is 2. The van der Waals surface area contributed by atoms with Gasteiger partial charge in [-0.25, -0.2) is 0 Å². The van der Waals surface area contributed by atoms with Crippen LogP contribution < -0.4 is 4.90 Å². The van der Waals surface area contributed by atoms with Crippen LogP contribution in [0.3, 0.4) is 0 Å². The first-order chi connectivity index (χ1) is 14.9. The summed E-state index contributed by atoms with van der Waals surface area (Å²) in [5, 5.41) is 19.6. The minimum atomic E-state index is -1.12. The van der Waals surface area contributed by atoms with Crippen molar-refractivity contribution in [3.05, 3.63) is 94.5 Å². The van der Waals surface area contributed by atoms with Gasteiger partial charge in [-0.3, -0.25) is 19.5 Å². The molecule has 0 saturated heterocycles. The van der Waals surface area contributed by atoms with Crippen molar-refractivity contribution in [1.82, 2.24) is 0 Å². The molecule has 1 unspecified atom stereocenters. The summed E-state index contributed by atoms with van der Waals surface area (Å²) in [5.41, 5.74) is 3.10. The van der Waals surface area contributed by atoms with Crippen LogP contribution in [0.1, 0.15) is 16.7 Å². The van der Waals surface area contributed by atoms with Gasteiger partial charge in [0.15, 0.2) is 0 Å².